The largest absolute Gasteiger partial charge is 0.316 e. The van der Waals surface area contributed by atoms with Crippen LogP contribution in [0.1, 0.15) is 40.2 Å². The van der Waals surface area contributed by atoms with E-state index in [4.69, 9.17) is 0 Å². The van der Waals surface area contributed by atoms with Crippen molar-refractivity contribution in [2.75, 3.05) is 11.1 Å². The van der Waals surface area contributed by atoms with Crippen molar-refractivity contribution in [3.05, 3.63) is 70.4 Å². The third kappa shape index (κ3) is 4.89. The highest BCUT2D eigenvalue weighted by molar-refractivity contribution is 7.99. The average Bonchev–Trinajstić information content (AvgIpc) is 3.33. The number of allylic oxidation sites excluding steroid dienone is 1. The van der Waals surface area contributed by atoms with Crippen molar-refractivity contribution in [1.29, 1.82) is 5.26 Å². The number of benzene rings is 1. The molecule has 0 unspecified atom stereocenters. The molecule has 0 bridgehead atoms. The molecule has 0 fully saturated rings. The molecule has 0 spiro atoms. The lowest BCUT2D eigenvalue weighted by molar-refractivity contribution is -0.113. The van der Waals surface area contributed by atoms with E-state index in [0.717, 1.165) is 42.6 Å². The van der Waals surface area contributed by atoms with E-state index in [9.17, 15) is 10.1 Å². The highest BCUT2D eigenvalue weighted by atomic mass is 32.2. The van der Waals surface area contributed by atoms with Crippen molar-refractivity contribution in [1.82, 2.24) is 14.8 Å². The van der Waals surface area contributed by atoms with Crippen LogP contribution in [0.5, 0.6) is 0 Å². The van der Waals surface area contributed by atoms with Crippen LogP contribution in [0, 0.1) is 11.3 Å². The minimum Gasteiger partial charge on any atom is -0.316 e. The summed E-state index contributed by atoms with van der Waals surface area (Å²) in [6, 6.07) is 12.4. The molecule has 0 atom stereocenters. The Hall–Kier alpha value is -2.89. The highest BCUT2D eigenvalue weighted by Crippen LogP contribution is 2.37. The molecular formula is C23H23N5OS2. The van der Waals surface area contributed by atoms with E-state index in [-0.39, 0.29) is 11.7 Å². The number of thiophene rings is 1. The van der Waals surface area contributed by atoms with E-state index >= 15 is 0 Å². The van der Waals surface area contributed by atoms with Crippen LogP contribution in [-0.4, -0.2) is 26.4 Å². The molecule has 0 saturated heterocycles. The fourth-order valence-corrected chi connectivity index (χ4v) is 5.74. The fourth-order valence-electron chi connectivity index (χ4n) is 3.71. The first-order chi connectivity index (χ1) is 15.2. The summed E-state index contributed by atoms with van der Waals surface area (Å²) in [4.78, 5) is 13.9. The number of nitrogens with one attached hydrogen (secondary N) is 1. The number of rotatable bonds is 8. The predicted molar refractivity (Wildman–Crippen MR) is 124 cm³/mol. The monoisotopic (exact) mass is 449 g/mol. The second-order valence-electron chi connectivity index (χ2n) is 7.32. The molecule has 8 heteroatoms. The average molecular weight is 450 g/mol. The van der Waals surface area contributed by atoms with E-state index in [0.29, 0.717) is 28.7 Å². The van der Waals surface area contributed by atoms with Gasteiger partial charge in [-0.1, -0.05) is 48.2 Å². The van der Waals surface area contributed by atoms with Gasteiger partial charge in [0.15, 0.2) is 5.16 Å². The van der Waals surface area contributed by atoms with Crippen LogP contribution in [0.4, 0.5) is 5.00 Å². The summed E-state index contributed by atoms with van der Waals surface area (Å²) in [7, 11) is 0. The highest BCUT2D eigenvalue weighted by Gasteiger charge is 2.22. The third-order valence-corrected chi connectivity index (χ3v) is 7.35. The van der Waals surface area contributed by atoms with E-state index in [1.165, 1.54) is 16.6 Å². The molecule has 158 valence electrons. The van der Waals surface area contributed by atoms with Crippen molar-refractivity contribution in [3.63, 3.8) is 0 Å². The zero-order valence-electron chi connectivity index (χ0n) is 17.1. The Morgan fingerprint density at radius 2 is 2.10 bits per heavy atom. The maximum absolute atomic E-state index is 12.6. The first kappa shape index (κ1) is 21.3. The smallest absolute Gasteiger partial charge is 0.235 e. The van der Waals surface area contributed by atoms with Gasteiger partial charge < -0.3 is 9.88 Å². The van der Waals surface area contributed by atoms with Crippen LogP contribution >= 0.6 is 23.1 Å². The minimum atomic E-state index is -0.141. The van der Waals surface area contributed by atoms with Gasteiger partial charge >= 0.3 is 0 Å². The number of nitrogens with zero attached hydrogens (tertiary/aromatic N) is 4. The van der Waals surface area contributed by atoms with Gasteiger partial charge in [0.2, 0.25) is 5.91 Å². The molecule has 2 heterocycles. The van der Waals surface area contributed by atoms with Gasteiger partial charge in [0, 0.05) is 17.8 Å². The molecule has 0 radical (unpaired) electrons. The summed E-state index contributed by atoms with van der Waals surface area (Å²) in [5, 5.41) is 22.5. The summed E-state index contributed by atoms with van der Waals surface area (Å²) >= 11 is 2.89. The minimum absolute atomic E-state index is 0.141. The second-order valence-corrected chi connectivity index (χ2v) is 9.37. The SMILES string of the molecule is C=CCn1c(Cc2ccccc2)nnc1SCC(=O)Nc1sc2c(c1C#N)CCCC2. The quantitative estimate of drug-likeness (QED) is 0.401. The van der Waals surface area contributed by atoms with E-state index in [2.05, 4.69) is 40.3 Å². The first-order valence-electron chi connectivity index (χ1n) is 10.2. The number of aryl methyl sites for hydroxylation is 1. The van der Waals surface area contributed by atoms with Gasteiger partial charge in [-0.05, 0) is 36.8 Å². The lowest BCUT2D eigenvalue weighted by atomic mass is 9.96. The number of carbonyl (C=O) groups excluding carboxylic acids is 1. The van der Waals surface area contributed by atoms with Gasteiger partial charge in [0.25, 0.3) is 0 Å². The molecule has 3 aromatic rings. The molecular weight excluding hydrogens is 426 g/mol. The molecule has 31 heavy (non-hydrogen) atoms. The molecule has 2 aromatic heterocycles. The third-order valence-electron chi connectivity index (χ3n) is 5.18. The van der Waals surface area contributed by atoms with Gasteiger partial charge in [-0.25, -0.2) is 0 Å². The van der Waals surface area contributed by atoms with Crippen LogP contribution in [0.25, 0.3) is 0 Å². The maximum atomic E-state index is 12.6. The van der Waals surface area contributed by atoms with Crippen molar-refractivity contribution in [2.24, 2.45) is 0 Å². The molecule has 1 aliphatic rings. The van der Waals surface area contributed by atoms with Gasteiger partial charge in [0.05, 0.1) is 11.3 Å². The lowest BCUT2D eigenvalue weighted by Crippen LogP contribution is -2.15. The molecule has 1 aliphatic carbocycles. The van der Waals surface area contributed by atoms with Gasteiger partial charge in [-0.3, -0.25) is 4.79 Å². The van der Waals surface area contributed by atoms with E-state index < -0.39 is 0 Å². The summed E-state index contributed by atoms with van der Waals surface area (Å²) in [6.45, 7) is 4.41. The van der Waals surface area contributed by atoms with Crippen molar-refractivity contribution in [3.8, 4) is 6.07 Å². The Kier molecular flexibility index (Phi) is 6.85. The molecule has 1 amide bonds. The van der Waals surface area contributed by atoms with Crippen LogP contribution in [0.2, 0.25) is 0 Å². The van der Waals surface area contributed by atoms with E-state index in [1.807, 2.05) is 22.8 Å². The number of anilines is 1. The summed E-state index contributed by atoms with van der Waals surface area (Å²) in [5.41, 5.74) is 2.91. The molecule has 0 saturated carbocycles. The molecule has 0 aliphatic heterocycles. The number of aromatic nitrogens is 3. The van der Waals surface area contributed by atoms with Gasteiger partial charge in [-0.15, -0.1) is 28.1 Å². The van der Waals surface area contributed by atoms with E-state index in [1.54, 1.807) is 17.4 Å². The number of hydrogen-bond donors (Lipinski definition) is 1. The lowest BCUT2D eigenvalue weighted by Gasteiger charge is -2.09. The van der Waals surface area contributed by atoms with Crippen molar-refractivity contribution in [2.45, 2.75) is 43.8 Å². The molecule has 6 nitrogen and oxygen atoms in total. The Morgan fingerprint density at radius 1 is 1.29 bits per heavy atom. The Labute approximate surface area is 190 Å². The predicted octanol–water partition coefficient (Wildman–Crippen LogP) is 4.60. The zero-order valence-corrected chi connectivity index (χ0v) is 18.8. The number of fused-ring (bicyclic) bond motifs is 1. The second kappa shape index (κ2) is 9.94. The summed E-state index contributed by atoms with van der Waals surface area (Å²) < 4.78 is 1.99. The molecule has 1 aromatic carbocycles. The van der Waals surface area contributed by atoms with Crippen LogP contribution in [0.15, 0.2) is 48.1 Å². The Morgan fingerprint density at radius 3 is 2.87 bits per heavy atom. The molecule has 4 rings (SSSR count). The van der Waals surface area contributed by atoms with Gasteiger partial charge in [-0.2, -0.15) is 5.26 Å². The summed E-state index contributed by atoms with van der Waals surface area (Å²) in [6.07, 6.45) is 6.64. The topological polar surface area (TPSA) is 83.6 Å². The number of nitriles is 1. The fraction of sp³-hybridized carbons (Fsp3) is 0.304. The van der Waals surface area contributed by atoms with Crippen molar-refractivity contribution >= 4 is 34.0 Å². The number of hydrogen-bond acceptors (Lipinski definition) is 6. The molecule has 1 N–H and O–H groups in total. The first-order valence-corrected chi connectivity index (χ1v) is 12.0. The normalized spacial score (nSPS) is 12.7. The zero-order chi connectivity index (χ0) is 21.6. The van der Waals surface area contributed by atoms with Crippen molar-refractivity contribution < 1.29 is 4.79 Å². The Bertz CT molecular complexity index is 1130. The number of amides is 1. The van der Waals surface area contributed by atoms with Crippen LogP contribution < -0.4 is 5.32 Å². The van der Waals surface area contributed by atoms with Gasteiger partial charge in [0.1, 0.15) is 16.9 Å². The summed E-state index contributed by atoms with van der Waals surface area (Å²) in [5.74, 6) is 0.901. The standard InChI is InChI=1S/C23H23N5OS2/c1-2-12-28-20(13-16-8-4-3-5-9-16)26-27-23(28)30-15-21(29)25-22-18(14-24)17-10-6-7-11-19(17)31-22/h2-5,8-9H,1,6-7,10-13,15H2,(H,25,29). The number of carbonyl (C=O) groups is 1. The number of thioether (sulfide) groups is 1. The maximum Gasteiger partial charge on any atom is 0.235 e. The van der Waals surface area contributed by atoms with Crippen LogP contribution in [-0.2, 0) is 30.6 Å². The van der Waals surface area contributed by atoms with Crippen LogP contribution in [0.3, 0.4) is 0 Å². The Balaban J connectivity index is 1.43.